The second-order valence-corrected chi connectivity index (χ2v) is 7.36. The van der Waals surface area contributed by atoms with E-state index in [9.17, 15) is 0 Å². The summed E-state index contributed by atoms with van der Waals surface area (Å²) in [6.07, 6.45) is 9.51. The van der Waals surface area contributed by atoms with Gasteiger partial charge in [-0.15, -0.1) is 0 Å². The van der Waals surface area contributed by atoms with Gasteiger partial charge in [-0.05, 0) is 62.3 Å². The molecule has 112 valence electrons. The molecule has 2 rings (SSSR count). The van der Waals surface area contributed by atoms with Gasteiger partial charge >= 0.3 is 0 Å². The van der Waals surface area contributed by atoms with E-state index in [-0.39, 0.29) is 0 Å². The van der Waals surface area contributed by atoms with Gasteiger partial charge in [-0.1, -0.05) is 27.2 Å². The molecule has 2 nitrogen and oxygen atoms in total. The molecule has 1 saturated carbocycles. The van der Waals surface area contributed by atoms with Crippen molar-refractivity contribution in [3.05, 3.63) is 0 Å². The Morgan fingerprint density at radius 1 is 1.11 bits per heavy atom. The van der Waals surface area contributed by atoms with Crippen molar-refractivity contribution in [3.8, 4) is 0 Å². The highest BCUT2D eigenvalue weighted by Gasteiger charge is 2.31. The highest BCUT2D eigenvalue weighted by atomic mass is 16.5. The molecule has 2 heteroatoms. The molecule has 2 aliphatic rings. The molecule has 0 radical (unpaired) electrons. The van der Waals surface area contributed by atoms with Crippen LogP contribution in [0.15, 0.2) is 0 Å². The van der Waals surface area contributed by atoms with Gasteiger partial charge in [0.25, 0.3) is 0 Å². The minimum absolute atomic E-state index is 0.548. The first-order chi connectivity index (χ1) is 9.12. The average molecular weight is 267 g/mol. The van der Waals surface area contributed by atoms with E-state index in [0.29, 0.717) is 5.41 Å². The maximum Gasteiger partial charge on any atom is 0.0495 e. The highest BCUT2D eigenvalue weighted by Crippen LogP contribution is 2.40. The predicted octanol–water partition coefficient (Wildman–Crippen LogP) is 4.00. The van der Waals surface area contributed by atoms with Crippen LogP contribution in [0.2, 0.25) is 0 Å². The smallest absolute Gasteiger partial charge is 0.0495 e. The van der Waals surface area contributed by atoms with Gasteiger partial charge in [-0.3, -0.25) is 0 Å². The zero-order chi connectivity index (χ0) is 13.7. The van der Waals surface area contributed by atoms with Crippen LogP contribution in [0, 0.1) is 17.3 Å². The Morgan fingerprint density at radius 3 is 2.42 bits per heavy atom. The second kappa shape index (κ2) is 7.08. The van der Waals surface area contributed by atoms with E-state index < -0.39 is 0 Å². The van der Waals surface area contributed by atoms with Gasteiger partial charge in [-0.25, -0.2) is 0 Å². The van der Waals surface area contributed by atoms with E-state index >= 15 is 0 Å². The number of rotatable bonds is 6. The van der Waals surface area contributed by atoms with Gasteiger partial charge in [0.05, 0.1) is 0 Å². The Kier molecular flexibility index (Phi) is 5.70. The lowest BCUT2D eigenvalue weighted by molar-refractivity contribution is 0.136. The van der Waals surface area contributed by atoms with E-state index in [1.807, 2.05) is 0 Å². The molecule has 0 spiro atoms. The van der Waals surface area contributed by atoms with Gasteiger partial charge in [0.2, 0.25) is 0 Å². The molecular formula is C17H33NO. The molecule has 0 amide bonds. The lowest BCUT2D eigenvalue weighted by atomic mass is 9.69. The summed E-state index contributed by atoms with van der Waals surface area (Å²) in [5.41, 5.74) is 0.548. The fourth-order valence-corrected chi connectivity index (χ4v) is 3.67. The maximum atomic E-state index is 5.44. The minimum atomic E-state index is 0.548. The summed E-state index contributed by atoms with van der Waals surface area (Å²) in [7, 11) is 0. The molecule has 1 saturated heterocycles. The van der Waals surface area contributed by atoms with E-state index in [1.165, 1.54) is 51.5 Å². The Hall–Kier alpha value is -0.0800. The lowest BCUT2D eigenvalue weighted by Gasteiger charge is -2.39. The van der Waals surface area contributed by atoms with Crippen LogP contribution < -0.4 is 5.32 Å². The Balaban J connectivity index is 1.60. The van der Waals surface area contributed by atoms with Crippen molar-refractivity contribution in [2.75, 3.05) is 19.8 Å². The number of ether oxygens (including phenoxy) is 1. The summed E-state index contributed by atoms with van der Waals surface area (Å²) in [6.45, 7) is 10.4. The Labute approximate surface area is 119 Å². The van der Waals surface area contributed by atoms with Crippen LogP contribution >= 0.6 is 0 Å². The first-order valence-corrected chi connectivity index (χ1v) is 8.43. The third-order valence-electron chi connectivity index (χ3n) is 5.75. The molecule has 1 N–H and O–H groups in total. The summed E-state index contributed by atoms with van der Waals surface area (Å²) in [4.78, 5) is 0. The summed E-state index contributed by atoms with van der Waals surface area (Å²) < 4.78 is 5.44. The van der Waals surface area contributed by atoms with Crippen LogP contribution in [0.1, 0.15) is 65.7 Å². The maximum absolute atomic E-state index is 5.44. The lowest BCUT2D eigenvalue weighted by Crippen LogP contribution is -2.37. The summed E-state index contributed by atoms with van der Waals surface area (Å²) in [5, 5.41) is 3.78. The summed E-state index contributed by atoms with van der Waals surface area (Å²) in [6, 6.07) is 0.784. The molecule has 1 heterocycles. The molecule has 19 heavy (non-hydrogen) atoms. The zero-order valence-electron chi connectivity index (χ0n) is 13.2. The molecule has 0 aromatic rings. The van der Waals surface area contributed by atoms with E-state index in [1.54, 1.807) is 0 Å². The molecular weight excluding hydrogens is 234 g/mol. The number of hydrogen-bond acceptors (Lipinski definition) is 2. The van der Waals surface area contributed by atoms with Crippen molar-refractivity contribution < 1.29 is 4.74 Å². The van der Waals surface area contributed by atoms with Crippen LogP contribution in [0.25, 0.3) is 0 Å². The van der Waals surface area contributed by atoms with E-state index in [2.05, 4.69) is 26.1 Å². The van der Waals surface area contributed by atoms with Crippen molar-refractivity contribution in [3.63, 3.8) is 0 Å². The van der Waals surface area contributed by atoms with Crippen molar-refractivity contribution >= 4 is 0 Å². The largest absolute Gasteiger partial charge is 0.381 e. The minimum Gasteiger partial charge on any atom is -0.381 e. The zero-order valence-corrected chi connectivity index (χ0v) is 13.2. The Bertz CT molecular complexity index is 250. The topological polar surface area (TPSA) is 21.3 Å². The van der Waals surface area contributed by atoms with Crippen LogP contribution in [-0.2, 0) is 4.74 Å². The molecule has 1 aliphatic heterocycles. The van der Waals surface area contributed by atoms with Gasteiger partial charge in [0, 0.05) is 19.3 Å². The van der Waals surface area contributed by atoms with Gasteiger partial charge < -0.3 is 10.1 Å². The first kappa shape index (κ1) is 15.3. The number of nitrogens with one attached hydrogen (secondary N) is 1. The van der Waals surface area contributed by atoms with E-state index in [0.717, 1.165) is 31.1 Å². The van der Waals surface area contributed by atoms with Crippen molar-refractivity contribution in [2.45, 2.75) is 71.8 Å². The summed E-state index contributed by atoms with van der Waals surface area (Å²) in [5.74, 6) is 1.77. The molecule has 1 unspecified atom stereocenters. The molecule has 0 bridgehead atoms. The van der Waals surface area contributed by atoms with Crippen molar-refractivity contribution in [2.24, 2.45) is 17.3 Å². The average Bonchev–Trinajstić information content (AvgIpc) is 2.92. The summed E-state index contributed by atoms with van der Waals surface area (Å²) >= 11 is 0. The molecule has 1 atom stereocenters. The van der Waals surface area contributed by atoms with Gasteiger partial charge in [0.1, 0.15) is 0 Å². The SMILES string of the molecule is CCC(C)(C)C1CCC(NCCC2CCOC2)CC1. The molecule has 0 aromatic heterocycles. The number of hydrogen-bond donors (Lipinski definition) is 1. The van der Waals surface area contributed by atoms with Crippen molar-refractivity contribution in [1.29, 1.82) is 0 Å². The predicted molar refractivity (Wildman–Crippen MR) is 81.4 cm³/mol. The van der Waals surface area contributed by atoms with Gasteiger partial charge in [0.15, 0.2) is 0 Å². The molecule has 0 aromatic carbocycles. The van der Waals surface area contributed by atoms with Gasteiger partial charge in [-0.2, -0.15) is 0 Å². The fraction of sp³-hybridized carbons (Fsp3) is 1.00. The normalized spacial score (nSPS) is 32.7. The van der Waals surface area contributed by atoms with Crippen molar-refractivity contribution in [1.82, 2.24) is 5.32 Å². The fourth-order valence-electron chi connectivity index (χ4n) is 3.67. The standard InChI is InChI=1S/C17H33NO/c1-4-17(2,3)15-5-7-16(8-6-15)18-11-9-14-10-12-19-13-14/h14-16,18H,4-13H2,1-3H3. The first-order valence-electron chi connectivity index (χ1n) is 8.43. The monoisotopic (exact) mass is 267 g/mol. The van der Waals surface area contributed by atoms with Crippen LogP contribution in [0.3, 0.4) is 0 Å². The van der Waals surface area contributed by atoms with E-state index in [4.69, 9.17) is 4.74 Å². The van der Waals surface area contributed by atoms with Crippen LogP contribution in [-0.4, -0.2) is 25.8 Å². The Morgan fingerprint density at radius 2 is 1.84 bits per heavy atom. The highest BCUT2D eigenvalue weighted by molar-refractivity contribution is 4.85. The van der Waals surface area contributed by atoms with Crippen LogP contribution in [0.4, 0.5) is 0 Å². The quantitative estimate of drug-likeness (QED) is 0.785. The molecule has 2 fully saturated rings. The third kappa shape index (κ3) is 4.46. The molecule has 1 aliphatic carbocycles. The second-order valence-electron chi connectivity index (χ2n) is 7.36. The van der Waals surface area contributed by atoms with Crippen LogP contribution in [0.5, 0.6) is 0 Å². The third-order valence-corrected chi connectivity index (χ3v) is 5.75.